The van der Waals surface area contributed by atoms with Crippen molar-refractivity contribution in [1.82, 2.24) is 5.32 Å². The van der Waals surface area contributed by atoms with Crippen LogP contribution in [0.4, 0.5) is 13.2 Å². The summed E-state index contributed by atoms with van der Waals surface area (Å²) in [6, 6.07) is -0.759. The summed E-state index contributed by atoms with van der Waals surface area (Å²) in [4.78, 5) is 12.4. The number of hydrogen-bond donors (Lipinski definition) is 1. The number of carbonyl (C=O) groups is 1. The third-order valence-electron chi connectivity index (χ3n) is 5.22. The molecule has 2 nitrogen and oxygen atoms in total. The van der Waals surface area contributed by atoms with E-state index in [4.69, 9.17) is 0 Å². The maximum absolute atomic E-state index is 13.1. The Balaban J connectivity index is 2.04. The molecule has 0 aliphatic heterocycles. The van der Waals surface area contributed by atoms with Gasteiger partial charge in [0.25, 0.3) is 0 Å². The van der Waals surface area contributed by atoms with Crippen LogP contribution in [0.25, 0.3) is 0 Å². The Morgan fingerprint density at radius 3 is 2.32 bits per heavy atom. The molecule has 1 amide bonds. The molecule has 126 valence electrons. The van der Waals surface area contributed by atoms with Crippen LogP contribution in [0.3, 0.4) is 0 Å². The highest BCUT2D eigenvalue weighted by molar-refractivity contribution is 5.84. The Bertz CT molecular complexity index is 463. The molecule has 2 fully saturated rings. The van der Waals surface area contributed by atoms with E-state index in [9.17, 15) is 18.0 Å². The quantitative estimate of drug-likeness (QED) is 0.765. The number of rotatable bonds is 3. The van der Waals surface area contributed by atoms with Gasteiger partial charge in [-0.15, -0.1) is 0 Å². The third kappa shape index (κ3) is 3.49. The van der Waals surface area contributed by atoms with E-state index in [1.807, 2.05) is 27.7 Å². The summed E-state index contributed by atoms with van der Waals surface area (Å²) in [7, 11) is 0. The van der Waals surface area contributed by atoms with Crippen molar-refractivity contribution in [2.75, 3.05) is 0 Å². The normalized spacial score (nSPS) is 34.0. The predicted octanol–water partition coefficient (Wildman–Crippen LogP) is 4.46. The Morgan fingerprint density at radius 1 is 1.18 bits per heavy atom. The first kappa shape index (κ1) is 17.4. The molecule has 2 saturated carbocycles. The number of halogens is 3. The second-order valence-electron chi connectivity index (χ2n) is 7.62. The minimum Gasteiger partial charge on any atom is -0.352 e. The number of nitrogens with one attached hydrogen (secondary N) is 1. The lowest BCUT2D eigenvalue weighted by molar-refractivity contribution is -0.189. The Morgan fingerprint density at radius 2 is 1.77 bits per heavy atom. The first-order valence-corrected chi connectivity index (χ1v) is 8.07. The molecule has 4 atom stereocenters. The second kappa shape index (κ2) is 5.89. The molecular formula is C17H26F3NO. The highest BCUT2D eigenvalue weighted by atomic mass is 19.4. The molecule has 2 aliphatic rings. The molecule has 0 aromatic carbocycles. The first-order valence-electron chi connectivity index (χ1n) is 8.07. The van der Waals surface area contributed by atoms with E-state index in [2.05, 4.69) is 11.4 Å². The largest absolute Gasteiger partial charge is 0.393 e. The van der Waals surface area contributed by atoms with Crippen molar-refractivity contribution in [3.8, 4) is 0 Å². The predicted molar refractivity (Wildman–Crippen MR) is 80.1 cm³/mol. The van der Waals surface area contributed by atoms with Crippen LogP contribution in [0.15, 0.2) is 11.6 Å². The van der Waals surface area contributed by atoms with Crippen molar-refractivity contribution in [3.63, 3.8) is 0 Å². The molecule has 0 aromatic rings. The maximum Gasteiger partial charge on any atom is 0.393 e. The summed E-state index contributed by atoms with van der Waals surface area (Å²) in [6.45, 7) is 7.96. The number of allylic oxidation sites excluding steroid dienone is 2. The SMILES string of the molecule is CC(C)=C[C@@H]1[C@H](C(=O)N[C@@H]2CCCC[C@@H]2C(F)(F)F)C1(C)C. The fourth-order valence-electron chi connectivity index (χ4n) is 3.82. The Hall–Kier alpha value is -1.00. The van der Waals surface area contributed by atoms with E-state index in [-0.39, 0.29) is 29.6 Å². The molecule has 0 spiro atoms. The zero-order valence-corrected chi connectivity index (χ0v) is 13.8. The van der Waals surface area contributed by atoms with Gasteiger partial charge in [0.2, 0.25) is 5.91 Å². The molecule has 2 rings (SSSR count). The number of amides is 1. The van der Waals surface area contributed by atoms with E-state index in [1.165, 1.54) is 0 Å². The zero-order chi connectivity index (χ0) is 16.7. The van der Waals surface area contributed by atoms with Crippen LogP contribution in [0.2, 0.25) is 0 Å². The summed E-state index contributed by atoms with van der Waals surface area (Å²) in [5.74, 6) is -1.69. The second-order valence-corrected chi connectivity index (χ2v) is 7.62. The van der Waals surface area contributed by atoms with Gasteiger partial charge in [0, 0.05) is 6.04 Å². The van der Waals surface area contributed by atoms with Crippen molar-refractivity contribution >= 4 is 5.91 Å². The summed E-state index contributed by atoms with van der Waals surface area (Å²) >= 11 is 0. The highest BCUT2D eigenvalue weighted by Crippen LogP contribution is 2.59. The number of carbonyl (C=O) groups excluding carboxylic acids is 1. The molecule has 0 saturated heterocycles. The van der Waals surface area contributed by atoms with Crippen molar-refractivity contribution in [2.24, 2.45) is 23.2 Å². The molecule has 22 heavy (non-hydrogen) atoms. The van der Waals surface area contributed by atoms with Crippen LogP contribution in [0, 0.1) is 23.2 Å². The van der Waals surface area contributed by atoms with Gasteiger partial charge < -0.3 is 5.32 Å². The lowest BCUT2D eigenvalue weighted by Crippen LogP contribution is -2.48. The average molecular weight is 317 g/mol. The van der Waals surface area contributed by atoms with Gasteiger partial charge in [0.1, 0.15) is 0 Å². The van der Waals surface area contributed by atoms with Crippen molar-refractivity contribution in [2.45, 2.75) is 65.6 Å². The van der Waals surface area contributed by atoms with Gasteiger partial charge in [0.15, 0.2) is 0 Å². The summed E-state index contributed by atoms with van der Waals surface area (Å²) < 4.78 is 39.3. The van der Waals surface area contributed by atoms with Gasteiger partial charge in [-0.05, 0) is 38.0 Å². The van der Waals surface area contributed by atoms with Crippen molar-refractivity contribution in [3.05, 3.63) is 11.6 Å². The van der Waals surface area contributed by atoms with Crippen LogP contribution >= 0.6 is 0 Å². The lowest BCUT2D eigenvalue weighted by Gasteiger charge is -2.33. The molecule has 5 heteroatoms. The van der Waals surface area contributed by atoms with Crippen LogP contribution in [-0.4, -0.2) is 18.1 Å². The van der Waals surface area contributed by atoms with Crippen LogP contribution in [0.1, 0.15) is 53.4 Å². The van der Waals surface area contributed by atoms with Crippen LogP contribution in [-0.2, 0) is 4.79 Å². The van der Waals surface area contributed by atoms with E-state index < -0.39 is 18.1 Å². The van der Waals surface area contributed by atoms with Gasteiger partial charge in [-0.3, -0.25) is 4.79 Å². The van der Waals surface area contributed by atoms with Gasteiger partial charge in [-0.2, -0.15) is 13.2 Å². The van der Waals surface area contributed by atoms with Gasteiger partial charge >= 0.3 is 6.18 Å². The van der Waals surface area contributed by atoms with E-state index in [1.54, 1.807) is 0 Å². The molecule has 0 heterocycles. The van der Waals surface area contributed by atoms with E-state index >= 15 is 0 Å². The molecule has 0 aromatic heterocycles. The molecule has 0 unspecified atom stereocenters. The highest BCUT2D eigenvalue weighted by Gasteiger charge is 2.61. The van der Waals surface area contributed by atoms with Gasteiger partial charge in [-0.1, -0.05) is 38.3 Å². The van der Waals surface area contributed by atoms with Crippen LogP contribution < -0.4 is 5.32 Å². The molecular weight excluding hydrogens is 291 g/mol. The molecule has 0 bridgehead atoms. The first-order chi connectivity index (χ1) is 10.0. The Kier molecular flexibility index (Phi) is 4.65. The zero-order valence-electron chi connectivity index (χ0n) is 13.8. The summed E-state index contributed by atoms with van der Waals surface area (Å²) in [5.41, 5.74) is 0.975. The standard InChI is InChI=1S/C17H26F3NO/c1-10(2)9-12-14(16(12,3)4)15(22)21-13-8-6-5-7-11(13)17(18,19)20/h9,11-14H,5-8H2,1-4H3,(H,21,22)/t11-,12+,13+,14+/m0/s1. The fraction of sp³-hybridized carbons (Fsp3) is 0.824. The maximum atomic E-state index is 13.1. The molecule has 2 aliphatic carbocycles. The fourth-order valence-corrected chi connectivity index (χ4v) is 3.82. The summed E-state index contributed by atoms with van der Waals surface area (Å²) in [5, 5.41) is 2.71. The number of alkyl halides is 3. The van der Waals surface area contributed by atoms with E-state index in [0.717, 1.165) is 12.0 Å². The molecule has 1 N–H and O–H groups in total. The summed E-state index contributed by atoms with van der Waals surface area (Å²) in [6.07, 6.45) is -0.270. The Labute approximate surface area is 130 Å². The average Bonchev–Trinajstić information content (AvgIpc) is 2.89. The third-order valence-corrected chi connectivity index (χ3v) is 5.22. The number of hydrogen-bond acceptors (Lipinski definition) is 1. The van der Waals surface area contributed by atoms with Gasteiger partial charge in [0.05, 0.1) is 11.8 Å². The van der Waals surface area contributed by atoms with Gasteiger partial charge in [-0.25, -0.2) is 0 Å². The van der Waals surface area contributed by atoms with E-state index in [0.29, 0.717) is 12.8 Å². The van der Waals surface area contributed by atoms with Crippen molar-refractivity contribution in [1.29, 1.82) is 0 Å². The topological polar surface area (TPSA) is 29.1 Å². The minimum absolute atomic E-state index is 0.125. The monoisotopic (exact) mass is 317 g/mol. The van der Waals surface area contributed by atoms with Crippen LogP contribution in [0.5, 0.6) is 0 Å². The lowest BCUT2D eigenvalue weighted by atomic mass is 9.84. The minimum atomic E-state index is -4.23. The molecule has 0 radical (unpaired) electrons. The smallest absolute Gasteiger partial charge is 0.352 e. The van der Waals surface area contributed by atoms with Crippen molar-refractivity contribution < 1.29 is 18.0 Å².